The lowest BCUT2D eigenvalue weighted by Gasteiger charge is -2.25. The summed E-state index contributed by atoms with van der Waals surface area (Å²) in [6, 6.07) is 6.14. The van der Waals surface area contributed by atoms with Crippen LogP contribution in [0, 0.1) is 11.3 Å². The van der Waals surface area contributed by atoms with Crippen molar-refractivity contribution in [1.82, 2.24) is 9.88 Å². The molecule has 0 bridgehead atoms. The highest BCUT2D eigenvalue weighted by Crippen LogP contribution is 2.29. The van der Waals surface area contributed by atoms with Crippen LogP contribution in [0.1, 0.15) is 57.0 Å². The highest BCUT2D eigenvalue weighted by molar-refractivity contribution is 5.46. The van der Waals surface area contributed by atoms with Gasteiger partial charge in [0.15, 0.2) is 0 Å². The van der Waals surface area contributed by atoms with E-state index in [1.54, 1.807) is 6.26 Å². The van der Waals surface area contributed by atoms with Crippen LogP contribution in [0.5, 0.6) is 0 Å². The van der Waals surface area contributed by atoms with Gasteiger partial charge in [0.25, 0.3) is 0 Å². The first-order valence-corrected chi connectivity index (χ1v) is 8.42. The average Bonchev–Trinajstić information content (AvgIpc) is 3.29. The molecule has 6 nitrogen and oxygen atoms in total. The number of nitrogens with zero attached hydrogens (tertiary/aromatic N) is 3. The number of anilines is 1. The molecular weight excluding hydrogens is 304 g/mol. The Hall–Kier alpha value is -2.26. The number of hydrogen-bond acceptors (Lipinski definition) is 6. The van der Waals surface area contributed by atoms with Crippen molar-refractivity contribution in [2.24, 2.45) is 0 Å². The van der Waals surface area contributed by atoms with Gasteiger partial charge in [-0.2, -0.15) is 10.2 Å². The van der Waals surface area contributed by atoms with E-state index >= 15 is 0 Å². The molecule has 0 saturated carbocycles. The van der Waals surface area contributed by atoms with Crippen LogP contribution in [-0.4, -0.2) is 29.5 Å². The van der Waals surface area contributed by atoms with Gasteiger partial charge in [0.2, 0.25) is 17.5 Å². The molecule has 0 amide bonds. The van der Waals surface area contributed by atoms with E-state index in [0.717, 1.165) is 18.8 Å². The first kappa shape index (κ1) is 16.6. The molecule has 1 unspecified atom stereocenters. The van der Waals surface area contributed by atoms with Crippen LogP contribution in [-0.2, 0) is 5.41 Å². The second kappa shape index (κ2) is 6.70. The molecule has 3 heterocycles. The Morgan fingerprint density at radius 2 is 2.12 bits per heavy atom. The number of oxazole rings is 1. The smallest absolute Gasteiger partial charge is 0.232 e. The van der Waals surface area contributed by atoms with E-state index in [-0.39, 0.29) is 11.5 Å². The summed E-state index contributed by atoms with van der Waals surface area (Å²) in [5.41, 5.74) is 0.0699. The zero-order chi connectivity index (χ0) is 17.2. The third kappa shape index (κ3) is 3.46. The summed E-state index contributed by atoms with van der Waals surface area (Å²) in [7, 11) is 0. The second-order valence-electron chi connectivity index (χ2n) is 7.21. The standard InChI is InChI=1S/C18H24N4O2/c1-18(2,3)17-21-13(11-19)16(24-17)20-12-14(15-7-6-10-23-15)22-8-4-5-9-22/h6-7,10,14,20H,4-5,8-9,12H2,1-3H3. The van der Waals surface area contributed by atoms with Crippen LogP contribution < -0.4 is 5.32 Å². The maximum atomic E-state index is 9.32. The molecule has 0 aromatic carbocycles. The van der Waals surface area contributed by atoms with E-state index in [1.165, 1.54) is 12.8 Å². The van der Waals surface area contributed by atoms with Gasteiger partial charge in [-0.25, -0.2) is 0 Å². The normalized spacial score (nSPS) is 16.9. The topological polar surface area (TPSA) is 78.2 Å². The Kier molecular flexibility index (Phi) is 4.63. The number of nitriles is 1. The van der Waals surface area contributed by atoms with Gasteiger partial charge < -0.3 is 14.2 Å². The van der Waals surface area contributed by atoms with Gasteiger partial charge in [-0.05, 0) is 38.1 Å². The van der Waals surface area contributed by atoms with Gasteiger partial charge in [-0.15, -0.1) is 0 Å². The van der Waals surface area contributed by atoms with Crippen molar-refractivity contribution >= 4 is 5.88 Å². The average molecular weight is 328 g/mol. The van der Waals surface area contributed by atoms with Gasteiger partial charge in [0, 0.05) is 12.0 Å². The minimum absolute atomic E-state index is 0.122. The fourth-order valence-electron chi connectivity index (χ4n) is 2.97. The molecule has 3 rings (SSSR count). The molecule has 2 aromatic rings. The van der Waals surface area contributed by atoms with Crippen molar-refractivity contribution in [2.45, 2.75) is 45.1 Å². The van der Waals surface area contributed by atoms with E-state index in [4.69, 9.17) is 8.83 Å². The Bertz CT molecular complexity index is 700. The fraction of sp³-hybridized carbons (Fsp3) is 0.556. The number of nitrogens with one attached hydrogen (secondary N) is 1. The first-order chi connectivity index (χ1) is 11.5. The quantitative estimate of drug-likeness (QED) is 0.902. The SMILES string of the molecule is CC(C)(C)c1nc(C#N)c(NCC(c2ccco2)N2CCCC2)o1. The Morgan fingerprint density at radius 1 is 1.38 bits per heavy atom. The van der Waals surface area contributed by atoms with Crippen LogP contribution in [0.15, 0.2) is 27.2 Å². The van der Waals surface area contributed by atoms with Crippen molar-refractivity contribution in [1.29, 1.82) is 5.26 Å². The van der Waals surface area contributed by atoms with Gasteiger partial charge in [-0.3, -0.25) is 4.90 Å². The minimum atomic E-state index is -0.235. The lowest BCUT2D eigenvalue weighted by Crippen LogP contribution is -2.30. The Labute approximate surface area is 142 Å². The molecule has 2 aromatic heterocycles. The van der Waals surface area contributed by atoms with E-state index < -0.39 is 0 Å². The zero-order valence-electron chi connectivity index (χ0n) is 14.5. The molecule has 0 radical (unpaired) electrons. The van der Waals surface area contributed by atoms with Crippen LogP contribution >= 0.6 is 0 Å². The van der Waals surface area contributed by atoms with Crippen molar-refractivity contribution in [2.75, 3.05) is 25.0 Å². The molecule has 1 fully saturated rings. The number of likely N-dealkylation sites (tertiary alicyclic amines) is 1. The summed E-state index contributed by atoms with van der Waals surface area (Å²) in [5, 5.41) is 12.6. The summed E-state index contributed by atoms with van der Waals surface area (Å²) in [6.07, 6.45) is 4.11. The lowest BCUT2D eigenvalue weighted by molar-refractivity contribution is 0.224. The number of furan rings is 1. The monoisotopic (exact) mass is 328 g/mol. The Balaban J connectivity index is 1.77. The van der Waals surface area contributed by atoms with Crippen molar-refractivity contribution in [3.8, 4) is 6.07 Å². The van der Waals surface area contributed by atoms with Gasteiger partial charge in [0.05, 0.1) is 12.3 Å². The summed E-state index contributed by atoms with van der Waals surface area (Å²) in [6.45, 7) is 8.77. The molecule has 1 aliphatic rings. The molecular formula is C18H24N4O2. The molecule has 1 aliphatic heterocycles. The predicted molar refractivity (Wildman–Crippen MR) is 90.7 cm³/mol. The zero-order valence-corrected chi connectivity index (χ0v) is 14.5. The van der Waals surface area contributed by atoms with Crippen LogP contribution in [0.2, 0.25) is 0 Å². The summed E-state index contributed by atoms with van der Waals surface area (Å²) in [4.78, 5) is 6.71. The molecule has 0 aliphatic carbocycles. The molecule has 1 N–H and O–H groups in total. The highest BCUT2D eigenvalue weighted by Gasteiger charge is 2.28. The summed E-state index contributed by atoms with van der Waals surface area (Å²) >= 11 is 0. The largest absolute Gasteiger partial charge is 0.468 e. The number of hydrogen-bond donors (Lipinski definition) is 1. The second-order valence-corrected chi connectivity index (χ2v) is 7.21. The van der Waals surface area contributed by atoms with Gasteiger partial charge >= 0.3 is 0 Å². The van der Waals surface area contributed by atoms with Crippen LogP contribution in [0.3, 0.4) is 0 Å². The van der Waals surface area contributed by atoms with E-state index in [9.17, 15) is 5.26 Å². The third-order valence-corrected chi connectivity index (χ3v) is 4.28. The van der Waals surface area contributed by atoms with Crippen molar-refractivity contribution in [3.05, 3.63) is 35.7 Å². The van der Waals surface area contributed by atoms with E-state index in [2.05, 4.69) is 21.3 Å². The van der Waals surface area contributed by atoms with Crippen molar-refractivity contribution in [3.63, 3.8) is 0 Å². The Morgan fingerprint density at radius 3 is 2.71 bits per heavy atom. The fourth-order valence-corrected chi connectivity index (χ4v) is 2.97. The van der Waals surface area contributed by atoms with Crippen molar-refractivity contribution < 1.29 is 8.83 Å². The number of rotatable bonds is 5. The molecule has 128 valence electrons. The molecule has 1 saturated heterocycles. The molecule has 6 heteroatoms. The van der Waals surface area contributed by atoms with Crippen LogP contribution in [0.25, 0.3) is 0 Å². The molecule has 0 spiro atoms. The van der Waals surface area contributed by atoms with Gasteiger partial charge in [0.1, 0.15) is 11.8 Å². The molecule has 24 heavy (non-hydrogen) atoms. The van der Waals surface area contributed by atoms with E-state index in [0.29, 0.717) is 24.0 Å². The third-order valence-electron chi connectivity index (χ3n) is 4.28. The van der Waals surface area contributed by atoms with E-state index in [1.807, 2.05) is 32.9 Å². The summed E-state index contributed by atoms with van der Waals surface area (Å²) < 4.78 is 11.4. The highest BCUT2D eigenvalue weighted by atomic mass is 16.4. The maximum absolute atomic E-state index is 9.32. The van der Waals surface area contributed by atoms with Crippen LogP contribution in [0.4, 0.5) is 5.88 Å². The lowest BCUT2D eigenvalue weighted by atomic mass is 9.97. The predicted octanol–water partition coefficient (Wildman–Crippen LogP) is 3.69. The first-order valence-electron chi connectivity index (χ1n) is 8.42. The summed E-state index contributed by atoms with van der Waals surface area (Å²) in [5.74, 6) is 1.94. The molecule has 1 atom stereocenters. The maximum Gasteiger partial charge on any atom is 0.232 e. The number of aromatic nitrogens is 1. The van der Waals surface area contributed by atoms with Gasteiger partial charge in [-0.1, -0.05) is 20.8 Å². The minimum Gasteiger partial charge on any atom is -0.468 e.